The quantitative estimate of drug-likeness (QED) is 0.383. The van der Waals surface area contributed by atoms with Crippen molar-refractivity contribution in [2.45, 2.75) is 30.6 Å². The first-order valence-corrected chi connectivity index (χ1v) is 4.02. The molecule has 78 valence electrons. The van der Waals surface area contributed by atoms with E-state index in [4.69, 9.17) is 20.3 Å². The summed E-state index contributed by atoms with van der Waals surface area (Å²) in [7, 11) is 1.38. The highest BCUT2D eigenvalue weighted by atomic mass is 16.7. The summed E-state index contributed by atoms with van der Waals surface area (Å²) in [6.45, 7) is -0.384. The standard InChI is InChI=1S/C7H15NO5/c1-12-7-4(8)6(11)5(10)3(2-9)13-7/h3-7,9-11H,2,8H2,1H3. The van der Waals surface area contributed by atoms with E-state index in [0.29, 0.717) is 0 Å². The minimum absolute atomic E-state index is 0.384. The molecule has 0 spiro atoms. The van der Waals surface area contributed by atoms with E-state index < -0.39 is 30.6 Å². The summed E-state index contributed by atoms with van der Waals surface area (Å²) in [6, 6.07) is -0.803. The minimum atomic E-state index is -1.17. The summed E-state index contributed by atoms with van der Waals surface area (Å²) in [6.07, 6.45) is -3.96. The Hall–Kier alpha value is -0.240. The molecule has 0 radical (unpaired) electrons. The maximum atomic E-state index is 9.40. The Kier molecular flexibility index (Phi) is 3.60. The number of aliphatic hydroxyl groups is 3. The molecule has 13 heavy (non-hydrogen) atoms. The maximum Gasteiger partial charge on any atom is 0.175 e. The van der Waals surface area contributed by atoms with Crippen molar-refractivity contribution in [3.8, 4) is 0 Å². The van der Waals surface area contributed by atoms with Crippen LogP contribution in [0.25, 0.3) is 0 Å². The molecule has 6 nitrogen and oxygen atoms in total. The van der Waals surface area contributed by atoms with Gasteiger partial charge in [0.05, 0.1) is 12.6 Å². The van der Waals surface area contributed by atoms with Crippen LogP contribution in [0.3, 0.4) is 0 Å². The minimum Gasteiger partial charge on any atom is -0.394 e. The third-order valence-corrected chi connectivity index (χ3v) is 2.16. The summed E-state index contributed by atoms with van der Waals surface area (Å²) in [5.41, 5.74) is 5.50. The zero-order chi connectivity index (χ0) is 10.0. The van der Waals surface area contributed by atoms with Crippen LogP contribution in [0.4, 0.5) is 0 Å². The van der Waals surface area contributed by atoms with E-state index in [2.05, 4.69) is 0 Å². The Labute approximate surface area is 75.9 Å². The van der Waals surface area contributed by atoms with Crippen LogP contribution in [0.5, 0.6) is 0 Å². The van der Waals surface area contributed by atoms with Crippen LogP contribution in [-0.2, 0) is 9.47 Å². The summed E-state index contributed by atoms with van der Waals surface area (Å²) in [4.78, 5) is 0. The molecule has 1 saturated heterocycles. The number of hydrogen-bond acceptors (Lipinski definition) is 6. The smallest absolute Gasteiger partial charge is 0.175 e. The number of ether oxygens (including phenoxy) is 2. The molecule has 0 aromatic carbocycles. The molecule has 1 rings (SSSR count). The second-order valence-corrected chi connectivity index (χ2v) is 3.02. The largest absolute Gasteiger partial charge is 0.394 e. The predicted molar refractivity (Wildman–Crippen MR) is 42.7 cm³/mol. The van der Waals surface area contributed by atoms with Gasteiger partial charge in [0.15, 0.2) is 6.29 Å². The molecule has 5 atom stereocenters. The zero-order valence-corrected chi connectivity index (χ0v) is 7.33. The third kappa shape index (κ3) is 1.98. The molecule has 0 aromatic heterocycles. The highest BCUT2D eigenvalue weighted by Gasteiger charge is 2.42. The van der Waals surface area contributed by atoms with Crippen LogP contribution in [0, 0.1) is 0 Å². The number of hydrogen-bond donors (Lipinski definition) is 4. The summed E-state index contributed by atoms with van der Waals surface area (Å²) in [5.74, 6) is 0. The average molecular weight is 193 g/mol. The Morgan fingerprint density at radius 1 is 1.38 bits per heavy atom. The average Bonchev–Trinajstić information content (AvgIpc) is 2.15. The van der Waals surface area contributed by atoms with E-state index in [1.54, 1.807) is 0 Å². The maximum absolute atomic E-state index is 9.40. The Morgan fingerprint density at radius 3 is 2.46 bits per heavy atom. The second-order valence-electron chi connectivity index (χ2n) is 3.02. The molecule has 5 N–H and O–H groups in total. The van der Waals surface area contributed by atoms with Crippen LogP contribution >= 0.6 is 0 Å². The Balaban J connectivity index is 2.66. The van der Waals surface area contributed by atoms with Crippen molar-refractivity contribution in [2.75, 3.05) is 13.7 Å². The lowest BCUT2D eigenvalue weighted by molar-refractivity contribution is -0.257. The van der Waals surface area contributed by atoms with E-state index in [1.165, 1.54) is 7.11 Å². The molecule has 1 fully saturated rings. The van der Waals surface area contributed by atoms with Gasteiger partial charge in [0, 0.05) is 7.11 Å². The van der Waals surface area contributed by atoms with Gasteiger partial charge in [0.2, 0.25) is 0 Å². The lowest BCUT2D eigenvalue weighted by atomic mass is 9.98. The molecule has 1 aliphatic heterocycles. The molecule has 5 unspecified atom stereocenters. The number of rotatable bonds is 2. The van der Waals surface area contributed by atoms with Crippen LogP contribution in [-0.4, -0.2) is 59.7 Å². The van der Waals surface area contributed by atoms with Gasteiger partial charge in [0.25, 0.3) is 0 Å². The fourth-order valence-corrected chi connectivity index (χ4v) is 1.32. The molecular formula is C7H15NO5. The van der Waals surface area contributed by atoms with Gasteiger partial charge in [-0.1, -0.05) is 0 Å². The van der Waals surface area contributed by atoms with Gasteiger partial charge in [-0.3, -0.25) is 0 Å². The van der Waals surface area contributed by atoms with E-state index in [-0.39, 0.29) is 6.61 Å². The van der Waals surface area contributed by atoms with Crippen molar-refractivity contribution in [1.29, 1.82) is 0 Å². The number of nitrogens with two attached hydrogens (primary N) is 1. The first-order valence-electron chi connectivity index (χ1n) is 4.02. The molecule has 0 amide bonds. The highest BCUT2D eigenvalue weighted by Crippen LogP contribution is 2.19. The SMILES string of the molecule is COC1OC(CO)C(O)C(O)C1N. The Morgan fingerprint density at radius 2 is 2.00 bits per heavy atom. The van der Waals surface area contributed by atoms with Gasteiger partial charge in [-0.15, -0.1) is 0 Å². The highest BCUT2D eigenvalue weighted by molar-refractivity contribution is 4.91. The van der Waals surface area contributed by atoms with Crippen molar-refractivity contribution in [1.82, 2.24) is 0 Å². The fourth-order valence-electron chi connectivity index (χ4n) is 1.32. The summed E-state index contributed by atoms with van der Waals surface area (Å²) >= 11 is 0. The van der Waals surface area contributed by atoms with Gasteiger partial charge in [-0.2, -0.15) is 0 Å². The number of aliphatic hydroxyl groups excluding tert-OH is 3. The second kappa shape index (κ2) is 4.32. The van der Waals surface area contributed by atoms with Gasteiger partial charge >= 0.3 is 0 Å². The van der Waals surface area contributed by atoms with Gasteiger partial charge in [-0.05, 0) is 0 Å². The van der Waals surface area contributed by atoms with Gasteiger partial charge < -0.3 is 30.5 Å². The van der Waals surface area contributed by atoms with E-state index in [9.17, 15) is 10.2 Å². The van der Waals surface area contributed by atoms with Crippen molar-refractivity contribution in [2.24, 2.45) is 5.73 Å². The van der Waals surface area contributed by atoms with Gasteiger partial charge in [0.1, 0.15) is 18.3 Å². The first kappa shape index (κ1) is 10.8. The molecule has 0 aliphatic carbocycles. The molecule has 0 bridgehead atoms. The van der Waals surface area contributed by atoms with Gasteiger partial charge in [-0.25, -0.2) is 0 Å². The molecule has 6 heteroatoms. The monoisotopic (exact) mass is 193 g/mol. The molecule has 1 heterocycles. The first-order chi connectivity index (χ1) is 6.11. The fraction of sp³-hybridized carbons (Fsp3) is 1.00. The third-order valence-electron chi connectivity index (χ3n) is 2.16. The zero-order valence-electron chi connectivity index (χ0n) is 7.33. The van der Waals surface area contributed by atoms with Crippen molar-refractivity contribution < 1.29 is 24.8 Å². The van der Waals surface area contributed by atoms with E-state index in [1.807, 2.05) is 0 Å². The van der Waals surface area contributed by atoms with Crippen LogP contribution in [0.2, 0.25) is 0 Å². The Bertz CT molecular complexity index is 147. The summed E-state index contributed by atoms with van der Waals surface area (Å²) < 4.78 is 9.90. The van der Waals surface area contributed by atoms with Crippen LogP contribution in [0.1, 0.15) is 0 Å². The topological polar surface area (TPSA) is 105 Å². The lowest BCUT2D eigenvalue weighted by Gasteiger charge is -2.39. The molecule has 1 aliphatic rings. The molecule has 0 aromatic rings. The number of methoxy groups -OCH3 is 1. The van der Waals surface area contributed by atoms with Crippen molar-refractivity contribution in [3.05, 3.63) is 0 Å². The summed E-state index contributed by atoms with van der Waals surface area (Å²) in [5, 5.41) is 27.5. The lowest BCUT2D eigenvalue weighted by Crippen LogP contribution is -2.62. The molecular weight excluding hydrogens is 178 g/mol. The van der Waals surface area contributed by atoms with Crippen LogP contribution in [0.15, 0.2) is 0 Å². The molecule has 0 saturated carbocycles. The van der Waals surface area contributed by atoms with Crippen LogP contribution < -0.4 is 5.73 Å². The van der Waals surface area contributed by atoms with E-state index in [0.717, 1.165) is 0 Å². The van der Waals surface area contributed by atoms with Crippen molar-refractivity contribution in [3.63, 3.8) is 0 Å². The normalized spacial score (nSPS) is 46.4. The van der Waals surface area contributed by atoms with E-state index >= 15 is 0 Å². The predicted octanol–water partition coefficient (Wildman–Crippen LogP) is -2.60. The van der Waals surface area contributed by atoms with Crippen molar-refractivity contribution >= 4 is 0 Å².